The van der Waals surface area contributed by atoms with Crippen LogP contribution in [0.25, 0.3) is 0 Å². The zero-order valence-electron chi connectivity index (χ0n) is 8.51. The summed E-state index contributed by atoms with van der Waals surface area (Å²) in [7, 11) is 0. The van der Waals surface area contributed by atoms with E-state index in [1.54, 1.807) is 0 Å². The van der Waals surface area contributed by atoms with Gasteiger partial charge in [0.2, 0.25) is 0 Å². The van der Waals surface area contributed by atoms with E-state index in [-0.39, 0.29) is 0 Å². The number of aromatic amines is 1. The quantitative estimate of drug-likeness (QED) is 0.697. The topological polar surface area (TPSA) is 40.7 Å². The molecule has 0 aromatic carbocycles. The van der Waals surface area contributed by atoms with E-state index in [0.29, 0.717) is 6.04 Å². The van der Waals surface area contributed by atoms with Gasteiger partial charge in [0.15, 0.2) is 0 Å². The van der Waals surface area contributed by atoms with Crippen molar-refractivity contribution in [1.29, 1.82) is 0 Å². The third kappa shape index (κ3) is 2.84. The number of aromatic nitrogens is 2. The summed E-state index contributed by atoms with van der Waals surface area (Å²) in [6.07, 6.45) is 7.78. The molecule has 13 heavy (non-hydrogen) atoms. The van der Waals surface area contributed by atoms with Crippen LogP contribution in [-0.2, 0) is 0 Å². The molecule has 1 fully saturated rings. The Morgan fingerprint density at radius 1 is 1.38 bits per heavy atom. The summed E-state index contributed by atoms with van der Waals surface area (Å²) >= 11 is 0. The molecule has 0 amide bonds. The fourth-order valence-electron chi connectivity index (χ4n) is 1.59. The normalized spacial score (nSPS) is 21.8. The fraction of sp³-hybridized carbons (Fsp3) is 0.700. The highest BCUT2D eigenvalue weighted by Gasteiger charge is 2.14. The summed E-state index contributed by atoms with van der Waals surface area (Å²) in [5.74, 6) is 0. The molecule has 1 saturated heterocycles. The Labute approximate surface area is 79.9 Å². The van der Waals surface area contributed by atoms with Crippen molar-refractivity contribution < 1.29 is 0 Å². The minimum atomic E-state index is 0.544. The summed E-state index contributed by atoms with van der Waals surface area (Å²) in [6.45, 7) is 5.15. The highest BCUT2D eigenvalue weighted by Crippen LogP contribution is 2.21. The molecule has 0 saturated carbocycles. The number of piperidine rings is 1. The van der Waals surface area contributed by atoms with Gasteiger partial charge in [-0.2, -0.15) is 5.10 Å². The second-order valence-corrected chi connectivity index (χ2v) is 3.03. The van der Waals surface area contributed by atoms with Gasteiger partial charge in [-0.15, -0.1) is 0 Å². The van der Waals surface area contributed by atoms with E-state index in [4.69, 9.17) is 0 Å². The molecular weight excluding hydrogens is 162 g/mol. The van der Waals surface area contributed by atoms with E-state index >= 15 is 0 Å². The second-order valence-electron chi connectivity index (χ2n) is 3.03. The molecule has 0 aliphatic carbocycles. The van der Waals surface area contributed by atoms with E-state index in [2.05, 4.69) is 15.5 Å². The SMILES string of the molecule is CC.c1n[nH]cc1C1CCCCN1. The molecule has 2 N–H and O–H groups in total. The predicted octanol–water partition coefficient (Wildman–Crippen LogP) is 2.25. The molecule has 0 bridgehead atoms. The molecule has 2 rings (SSSR count). The third-order valence-electron chi connectivity index (χ3n) is 2.23. The van der Waals surface area contributed by atoms with E-state index in [9.17, 15) is 0 Å². The summed E-state index contributed by atoms with van der Waals surface area (Å²) in [4.78, 5) is 0. The molecule has 1 aliphatic rings. The average Bonchev–Trinajstić information content (AvgIpc) is 2.75. The molecule has 2 heterocycles. The summed E-state index contributed by atoms with van der Waals surface area (Å²) < 4.78 is 0. The number of hydrogen-bond donors (Lipinski definition) is 2. The van der Waals surface area contributed by atoms with Crippen LogP contribution >= 0.6 is 0 Å². The molecule has 1 aromatic rings. The Kier molecular flexibility index (Phi) is 4.54. The predicted molar refractivity (Wildman–Crippen MR) is 54.5 cm³/mol. The molecule has 1 aromatic heterocycles. The molecule has 1 atom stereocenters. The van der Waals surface area contributed by atoms with E-state index < -0.39 is 0 Å². The van der Waals surface area contributed by atoms with Crippen molar-refractivity contribution in [2.24, 2.45) is 0 Å². The van der Waals surface area contributed by atoms with Crippen LogP contribution in [0.2, 0.25) is 0 Å². The summed E-state index contributed by atoms with van der Waals surface area (Å²) in [5.41, 5.74) is 1.30. The van der Waals surface area contributed by atoms with Crippen molar-refractivity contribution in [2.45, 2.75) is 39.2 Å². The smallest absolute Gasteiger partial charge is 0.0535 e. The molecule has 3 heteroatoms. The van der Waals surface area contributed by atoms with Crippen LogP contribution in [0.4, 0.5) is 0 Å². The minimum Gasteiger partial charge on any atom is -0.310 e. The first-order valence-corrected chi connectivity index (χ1v) is 5.19. The van der Waals surface area contributed by atoms with Gasteiger partial charge < -0.3 is 5.32 Å². The van der Waals surface area contributed by atoms with Crippen molar-refractivity contribution in [3.05, 3.63) is 18.0 Å². The van der Waals surface area contributed by atoms with Gasteiger partial charge in [0.1, 0.15) is 0 Å². The van der Waals surface area contributed by atoms with Crippen LogP contribution in [0.15, 0.2) is 12.4 Å². The van der Waals surface area contributed by atoms with Gasteiger partial charge in [0.05, 0.1) is 6.20 Å². The molecule has 1 aliphatic heterocycles. The Balaban J connectivity index is 0.000000396. The third-order valence-corrected chi connectivity index (χ3v) is 2.23. The zero-order chi connectivity index (χ0) is 9.52. The van der Waals surface area contributed by atoms with Crippen molar-refractivity contribution in [3.8, 4) is 0 Å². The second kappa shape index (κ2) is 5.75. The number of hydrogen-bond acceptors (Lipinski definition) is 2. The van der Waals surface area contributed by atoms with Crippen molar-refractivity contribution in [3.63, 3.8) is 0 Å². The van der Waals surface area contributed by atoms with E-state index in [1.807, 2.05) is 26.2 Å². The van der Waals surface area contributed by atoms with Crippen LogP contribution in [0.5, 0.6) is 0 Å². The Hall–Kier alpha value is -0.830. The summed E-state index contributed by atoms with van der Waals surface area (Å²) in [5, 5.41) is 10.2. The lowest BCUT2D eigenvalue weighted by molar-refractivity contribution is 0.412. The highest BCUT2D eigenvalue weighted by atomic mass is 15.1. The lowest BCUT2D eigenvalue weighted by Crippen LogP contribution is -2.26. The first-order valence-electron chi connectivity index (χ1n) is 5.19. The van der Waals surface area contributed by atoms with Crippen molar-refractivity contribution in [1.82, 2.24) is 15.5 Å². The van der Waals surface area contributed by atoms with Gasteiger partial charge in [0, 0.05) is 17.8 Å². The first kappa shape index (κ1) is 10.3. The first-order chi connectivity index (χ1) is 6.47. The molecule has 1 unspecified atom stereocenters. The maximum atomic E-state index is 3.93. The van der Waals surface area contributed by atoms with Crippen LogP contribution in [0.1, 0.15) is 44.7 Å². The molecule has 3 nitrogen and oxygen atoms in total. The van der Waals surface area contributed by atoms with Gasteiger partial charge in [-0.25, -0.2) is 0 Å². The Morgan fingerprint density at radius 3 is 2.77 bits per heavy atom. The van der Waals surface area contributed by atoms with Crippen LogP contribution in [-0.4, -0.2) is 16.7 Å². The van der Waals surface area contributed by atoms with Gasteiger partial charge >= 0.3 is 0 Å². The average molecular weight is 181 g/mol. The maximum Gasteiger partial charge on any atom is 0.0535 e. The Morgan fingerprint density at radius 2 is 2.23 bits per heavy atom. The van der Waals surface area contributed by atoms with Crippen LogP contribution in [0.3, 0.4) is 0 Å². The molecule has 0 spiro atoms. The van der Waals surface area contributed by atoms with Crippen LogP contribution < -0.4 is 5.32 Å². The number of nitrogens with zero attached hydrogens (tertiary/aromatic N) is 1. The number of H-pyrrole nitrogens is 1. The fourth-order valence-corrected chi connectivity index (χ4v) is 1.59. The monoisotopic (exact) mass is 181 g/mol. The van der Waals surface area contributed by atoms with Crippen molar-refractivity contribution >= 4 is 0 Å². The van der Waals surface area contributed by atoms with Gasteiger partial charge in [-0.1, -0.05) is 20.3 Å². The van der Waals surface area contributed by atoms with E-state index in [1.165, 1.54) is 24.8 Å². The van der Waals surface area contributed by atoms with Crippen molar-refractivity contribution in [2.75, 3.05) is 6.54 Å². The zero-order valence-corrected chi connectivity index (χ0v) is 8.51. The minimum absolute atomic E-state index is 0.544. The Bertz CT molecular complexity index is 200. The lowest BCUT2D eigenvalue weighted by atomic mass is 10.0. The maximum absolute atomic E-state index is 3.93. The van der Waals surface area contributed by atoms with Gasteiger partial charge in [-0.05, 0) is 19.4 Å². The highest BCUT2D eigenvalue weighted by molar-refractivity contribution is 5.09. The molecule has 74 valence electrons. The number of nitrogens with one attached hydrogen (secondary N) is 2. The molecular formula is C10H19N3. The van der Waals surface area contributed by atoms with E-state index in [0.717, 1.165) is 6.54 Å². The van der Waals surface area contributed by atoms with Gasteiger partial charge in [-0.3, -0.25) is 5.10 Å². The lowest BCUT2D eigenvalue weighted by Gasteiger charge is -2.21. The van der Waals surface area contributed by atoms with Crippen LogP contribution in [0, 0.1) is 0 Å². The molecule has 0 radical (unpaired) electrons. The summed E-state index contributed by atoms with van der Waals surface area (Å²) in [6, 6.07) is 0.544. The standard InChI is InChI=1S/C8H13N3.C2H6/c1-2-4-9-8(3-1)7-5-10-11-6-7;1-2/h5-6,8-9H,1-4H2,(H,10,11);1-2H3. The largest absolute Gasteiger partial charge is 0.310 e. The van der Waals surface area contributed by atoms with Gasteiger partial charge in [0.25, 0.3) is 0 Å². The number of rotatable bonds is 1.